The van der Waals surface area contributed by atoms with Crippen LogP contribution in [0.4, 0.5) is 11.5 Å². The van der Waals surface area contributed by atoms with Crippen molar-refractivity contribution in [2.75, 3.05) is 5.32 Å². The zero-order chi connectivity index (χ0) is 20.1. The highest BCUT2D eigenvalue weighted by atomic mass is 15.1. The lowest BCUT2D eigenvalue weighted by Gasteiger charge is -2.16. The van der Waals surface area contributed by atoms with E-state index in [4.69, 9.17) is 4.98 Å². The van der Waals surface area contributed by atoms with Crippen LogP contribution in [-0.4, -0.2) is 9.55 Å². The van der Waals surface area contributed by atoms with E-state index in [1.807, 2.05) is 0 Å². The molecule has 3 nitrogen and oxygen atoms in total. The number of nitrogens with one attached hydrogen (secondary N) is 1. The number of anilines is 2. The lowest BCUT2D eigenvalue weighted by molar-refractivity contribution is 0.826. The van der Waals surface area contributed by atoms with Gasteiger partial charge in [-0.1, -0.05) is 75.2 Å². The number of fused-ring (bicyclic) bond motifs is 1. The molecule has 0 aliphatic rings. The summed E-state index contributed by atoms with van der Waals surface area (Å²) in [6.07, 6.45) is 6.55. The summed E-state index contributed by atoms with van der Waals surface area (Å²) in [5, 5.41) is 4.83. The van der Waals surface area contributed by atoms with Gasteiger partial charge in [0.1, 0.15) is 11.5 Å². The van der Waals surface area contributed by atoms with Gasteiger partial charge in [-0.15, -0.1) is 0 Å². The van der Waals surface area contributed by atoms with Crippen molar-refractivity contribution in [3.63, 3.8) is 0 Å². The summed E-state index contributed by atoms with van der Waals surface area (Å²) in [5.41, 5.74) is 6.29. The van der Waals surface area contributed by atoms with E-state index in [9.17, 15) is 0 Å². The molecule has 0 aliphatic heterocycles. The van der Waals surface area contributed by atoms with E-state index in [1.54, 1.807) is 0 Å². The van der Waals surface area contributed by atoms with Gasteiger partial charge in [-0.3, -0.25) is 0 Å². The standard InChI is InChI=1S/C26H29N3/c1-3-9-21-13-8-14-22(10-4-2)25(21)27-24-16-15-23-17-18-29(26(23)28-24)19-20-11-6-5-7-12-20/h5-8,11-18H,3-4,9-10,19H2,1-2H3,(H,27,28). The van der Waals surface area contributed by atoms with Crippen LogP contribution in [0.2, 0.25) is 0 Å². The number of hydrogen-bond acceptors (Lipinski definition) is 2. The van der Waals surface area contributed by atoms with Crippen LogP contribution >= 0.6 is 0 Å². The third kappa shape index (κ3) is 4.34. The molecule has 0 bridgehead atoms. The number of pyridine rings is 1. The number of rotatable bonds is 8. The van der Waals surface area contributed by atoms with Gasteiger partial charge in [0.05, 0.1) is 0 Å². The van der Waals surface area contributed by atoms with Gasteiger partial charge in [-0.2, -0.15) is 0 Å². The molecule has 0 saturated heterocycles. The van der Waals surface area contributed by atoms with Crippen LogP contribution in [0, 0.1) is 0 Å². The second-order valence-corrected chi connectivity index (χ2v) is 7.61. The highest BCUT2D eigenvalue weighted by molar-refractivity contribution is 5.79. The molecule has 2 aromatic carbocycles. The lowest BCUT2D eigenvalue weighted by Crippen LogP contribution is -2.04. The average molecular weight is 384 g/mol. The number of nitrogens with zero attached hydrogens (tertiary/aromatic N) is 2. The summed E-state index contributed by atoms with van der Waals surface area (Å²) in [7, 11) is 0. The molecule has 0 fully saturated rings. The van der Waals surface area contributed by atoms with Crippen LogP contribution in [0.3, 0.4) is 0 Å². The molecule has 2 heterocycles. The van der Waals surface area contributed by atoms with E-state index in [1.165, 1.54) is 27.8 Å². The van der Waals surface area contributed by atoms with Crippen LogP contribution in [0.5, 0.6) is 0 Å². The quantitative estimate of drug-likeness (QED) is 0.365. The van der Waals surface area contributed by atoms with Gasteiger partial charge in [0.2, 0.25) is 0 Å². The van der Waals surface area contributed by atoms with E-state index in [2.05, 4.69) is 96.7 Å². The monoisotopic (exact) mass is 383 g/mol. The molecule has 0 atom stereocenters. The van der Waals surface area contributed by atoms with Crippen LogP contribution in [0.25, 0.3) is 11.0 Å². The highest BCUT2D eigenvalue weighted by Gasteiger charge is 2.10. The van der Waals surface area contributed by atoms with E-state index >= 15 is 0 Å². The van der Waals surface area contributed by atoms with Crippen molar-refractivity contribution in [1.29, 1.82) is 0 Å². The molecule has 0 saturated carbocycles. The van der Waals surface area contributed by atoms with Gasteiger partial charge in [-0.05, 0) is 47.7 Å². The zero-order valence-corrected chi connectivity index (χ0v) is 17.4. The second kappa shape index (κ2) is 8.95. The number of para-hydroxylation sites is 1. The van der Waals surface area contributed by atoms with Crippen molar-refractivity contribution in [3.8, 4) is 0 Å². The van der Waals surface area contributed by atoms with Crippen LogP contribution in [-0.2, 0) is 19.4 Å². The molecule has 4 aromatic rings. The fourth-order valence-corrected chi connectivity index (χ4v) is 3.93. The van der Waals surface area contributed by atoms with E-state index in [-0.39, 0.29) is 0 Å². The van der Waals surface area contributed by atoms with E-state index < -0.39 is 0 Å². The molecule has 1 N–H and O–H groups in total. The average Bonchev–Trinajstić information content (AvgIpc) is 3.13. The first-order chi connectivity index (χ1) is 14.3. The van der Waals surface area contributed by atoms with E-state index in [0.29, 0.717) is 0 Å². The van der Waals surface area contributed by atoms with Crippen molar-refractivity contribution in [1.82, 2.24) is 9.55 Å². The van der Waals surface area contributed by atoms with Crippen molar-refractivity contribution in [2.45, 2.75) is 46.1 Å². The molecule has 2 aromatic heterocycles. The zero-order valence-electron chi connectivity index (χ0n) is 17.4. The second-order valence-electron chi connectivity index (χ2n) is 7.61. The molecule has 0 spiro atoms. The first kappa shape index (κ1) is 19.3. The van der Waals surface area contributed by atoms with Crippen molar-refractivity contribution in [2.24, 2.45) is 0 Å². The fraction of sp³-hybridized carbons (Fsp3) is 0.269. The van der Waals surface area contributed by atoms with Gasteiger partial charge >= 0.3 is 0 Å². The maximum absolute atomic E-state index is 4.98. The van der Waals surface area contributed by atoms with Gasteiger partial charge < -0.3 is 9.88 Å². The Balaban J connectivity index is 1.68. The normalized spacial score (nSPS) is 11.1. The van der Waals surface area contributed by atoms with Gasteiger partial charge in [0.15, 0.2) is 0 Å². The van der Waals surface area contributed by atoms with Crippen molar-refractivity contribution < 1.29 is 0 Å². The number of aromatic nitrogens is 2. The summed E-state index contributed by atoms with van der Waals surface area (Å²) < 4.78 is 2.22. The van der Waals surface area contributed by atoms with Crippen molar-refractivity contribution in [3.05, 3.63) is 89.6 Å². The molecule has 0 radical (unpaired) electrons. The topological polar surface area (TPSA) is 29.9 Å². The molecule has 0 amide bonds. The smallest absolute Gasteiger partial charge is 0.142 e. The van der Waals surface area contributed by atoms with Gasteiger partial charge in [-0.25, -0.2) is 4.98 Å². The summed E-state index contributed by atoms with van der Waals surface area (Å²) in [6, 6.07) is 23.6. The number of aryl methyl sites for hydroxylation is 2. The predicted molar refractivity (Wildman–Crippen MR) is 123 cm³/mol. The molecule has 3 heteroatoms. The molecule has 0 unspecified atom stereocenters. The van der Waals surface area contributed by atoms with Crippen LogP contribution in [0.15, 0.2) is 72.9 Å². The minimum Gasteiger partial charge on any atom is -0.340 e. The Bertz CT molecular complexity index is 1060. The van der Waals surface area contributed by atoms with Crippen LogP contribution < -0.4 is 5.32 Å². The minimum absolute atomic E-state index is 0.828. The highest BCUT2D eigenvalue weighted by Crippen LogP contribution is 2.28. The Morgan fingerprint density at radius 3 is 2.21 bits per heavy atom. The fourth-order valence-electron chi connectivity index (χ4n) is 3.93. The number of benzene rings is 2. The molecular formula is C26H29N3. The molecular weight excluding hydrogens is 354 g/mol. The molecule has 0 aliphatic carbocycles. The SMILES string of the molecule is CCCc1cccc(CCC)c1Nc1ccc2ccn(Cc3ccccc3)c2n1. The molecule has 4 rings (SSSR count). The summed E-state index contributed by atoms with van der Waals surface area (Å²) >= 11 is 0. The maximum Gasteiger partial charge on any atom is 0.142 e. The van der Waals surface area contributed by atoms with Gasteiger partial charge in [0, 0.05) is 23.8 Å². The van der Waals surface area contributed by atoms with E-state index in [0.717, 1.165) is 43.7 Å². The minimum atomic E-state index is 0.828. The van der Waals surface area contributed by atoms with Crippen molar-refractivity contribution >= 4 is 22.5 Å². The predicted octanol–water partition coefficient (Wildman–Crippen LogP) is 6.73. The largest absolute Gasteiger partial charge is 0.340 e. The number of hydrogen-bond donors (Lipinski definition) is 1. The summed E-state index contributed by atoms with van der Waals surface area (Å²) in [5.74, 6) is 0.909. The van der Waals surface area contributed by atoms with Gasteiger partial charge in [0.25, 0.3) is 0 Å². The third-order valence-corrected chi connectivity index (χ3v) is 5.34. The summed E-state index contributed by atoms with van der Waals surface area (Å²) in [6.45, 7) is 5.29. The summed E-state index contributed by atoms with van der Waals surface area (Å²) in [4.78, 5) is 4.98. The maximum atomic E-state index is 4.98. The molecule has 29 heavy (non-hydrogen) atoms. The Labute approximate surface area is 173 Å². The Hall–Kier alpha value is -3.07. The first-order valence-electron chi connectivity index (χ1n) is 10.7. The van der Waals surface area contributed by atoms with Crippen LogP contribution in [0.1, 0.15) is 43.4 Å². The molecule has 148 valence electrons. The Morgan fingerprint density at radius 1 is 0.793 bits per heavy atom. The Morgan fingerprint density at radius 2 is 1.52 bits per heavy atom. The lowest BCUT2D eigenvalue weighted by atomic mass is 10.00. The first-order valence-corrected chi connectivity index (χ1v) is 10.7. The third-order valence-electron chi connectivity index (χ3n) is 5.34. The Kier molecular flexibility index (Phi) is 5.95.